The van der Waals surface area contributed by atoms with Crippen LogP contribution in [0, 0.1) is 13.8 Å². The van der Waals surface area contributed by atoms with E-state index >= 15 is 0 Å². The van der Waals surface area contributed by atoms with Crippen LogP contribution in [-0.2, 0) is 11.4 Å². The topological polar surface area (TPSA) is 42.4 Å². The van der Waals surface area contributed by atoms with Crippen LogP contribution in [-0.4, -0.2) is 17.1 Å². The summed E-state index contributed by atoms with van der Waals surface area (Å²) in [6.07, 6.45) is -5.08. The van der Waals surface area contributed by atoms with E-state index in [0.717, 1.165) is 0 Å². The van der Waals surface area contributed by atoms with E-state index in [0.29, 0.717) is 37.5 Å². The summed E-state index contributed by atoms with van der Waals surface area (Å²) < 4.78 is 45.7. The molecule has 0 aliphatic rings. The Bertz CT molecular complexity index is 1100. The number of rotatable bonds is 5. The highest BCUT2D eigenvalue weighted by Crippen LogP contribution is 2.32. The summed E-state index contributed by atoms with van der Waals surface area (Å²) in [6.45, 7) is 3.36. The number of anilines is 2. The molecule has 0 saturated carbocycles. The Labute approximate surface area is 187 Å². The maximum Gasteiger partial charge on any atom is 0.472 e. The van der Waals surface area contributed by atoms with Crippen molar-refractivity contribution in [2.24, 2.45) is 0 Å². The molecule has 0 unspecified atom stereocenters. The fourth-order valence-corrected chi connectivity index (χ4v) is 3.28. The van der Waals surface area contributed by atoms with E-state index in [1.807, 2.05) is 0 Å². The highest BCUT2D eigenvalue weighted by molar-refractivity contribution is 6.34. The normalized spacial score (nSPS) is 11.3. The zero-order valence-corrected chi connectivity index (χ0v) is 18.0. The third-order valence-corrected chi connectivity index (χ3v) is 4.76. The predicted octanol–water partition coefficient (Wildman–Crippen LogP) is 6.81. The van der Waals surface area contributed by atoms with Gasteiger partial charge in [-0.25, -0.2) is 4.98 Å². The van der Waals surface area contributed by atoms with Crippen molar-refractivity contribution in [3.8, 4) is 5.75 Å². The van der Waals surface area contributed by atoms with Crippen molar-refractivity contribution in [2.45, 2.75) is 26.6 Å². The molecule has 3 aromatic rings. The Morgan fingerprint density at radius 3 is 2.48 bits per heavy atom. The Morgan fingerprint density at radius 1 is 1.06 bits per heavy atom. The maximum absolute atomic E-state index is 13.4. The number of hydrogen-bond acceptors (Lipinski definition) is 3. The van der Waals surface area contributed by atoms with Crippen molar-refractivity contribution in [1.29, 1.82) is 0 Å². The Morgan fingerprint density at radius 2 is 1.81 bits per heavy atom. The van der Waals surface area contributed by atoms with E-state index in [1.54, 1.807) is 38.1 Å². The molecule has 0 N–H and O–H groups in total. The number of alkyl halides is 3. The molecule has 0 atom stereocenters. The number of ether oxygens (including phenoxy) is 1. The Balaban J connectivity index is 1.96. The van der Waals surface area contributed by atoms with E-state index in [4.69, 9.17) is 27.9 Å². The monoisotopic (exact) mass is 468 g/mol. The van der Waals surface area contributed by atoms with Gasteiger partial charge >= 0.3 is 12.1 Å². The average Bonchev–Trinajstić information content (AvgIpc) is 2.68. The van der Waals surface area contributed by atoms with Crippen molar-refractivity contribution < 1.29 is 22.7 Å². The number of halogens is 5. The van der Waals surface area contributed by atoms with Gasteiger partial charge in [0.25, 0.3) is 0 Å². The van der Waals surface area contributed by atoms with Crippen LogP contribution in [0.15, 0.2) is 54.6 Å². The SMILES string of the molecule is Cc1cc(C)nc(N(C(=O)C(F)(F)F)c2cccc(COc3cc(Cl)ccc3Cl)c2)c1. The fourth-order valence-electron chi connectivity index (χ4n) is 2.95. The van der Waals surface area contributed by atoms with Gasteiger partial charge < -0.3 is 4.74 Å². The smallest absolute Gasteiger partial charge is 0.472 e. The van der Waals surface area contributed by atoms with Crippen LogP contribution < -0.4 is 9.64 Å². The number of carbonyl (C=O) groups excluding carboxylic acids is 1. The summed E-state index contributed by atoms with van der Waals surface area (Å²) in [5.41, 5.74) is 1.71. The first kappa shape index (κ1) is 22.9. The van der Waals surface area contributed by atoms with E-state index < -0.39 is 12.1 Å². The molecule has 0 fully saturated rings. The number of aromatic nitrogens is 1. The largest absolute Gasteiger partial charge is 0.487 e. The second kappa shape index (κ2) is 9.16. The van der Waals surface area contributed by atoms with Crippen molar-refractivity contribution in [1.82, 2.24) is 4.98 Å². The average molecular weight is 469 g/mol. The molecule has 1 heterocycles. The number of benzene rings is 2. The number of hydrogen-bond donors (Lipinski definition) is 0. The van der Waals surface area contributed by atoms with Gasteiger partial charge in [0.2, 0.25) is 0 Å². The zero-order valence-electron chi connectivity index (χ0n) is 16.5. The molecule has 0 aliphatic heterocycles. The predicted molar refractivity (Wildman–Crippen MR) is 114 cm³/mol. The first-order chi connectivity index (χ1) is 14.5. The minimum Gasteiger partial charge on any atom is -0.487 e. The third kappa shape index (κ3) is 5.68. The molecule has 9 heteroatoms. The lowest BCUT2D eigenvalue weighted by molar-refractivity contribution is -0.169. The summed E-state index contributed by atoms with van der Waals surface area (Å²) in [5, 5.41) is 0.768. The first-order valence-electron chi connectivity index (χ1n) is 9.08. The molecule has 3 rings (SSSR count). The van der Waals surface area contributed by atoms with Crippen LogP contribution in [0.1, 0.15) is 16.8 Å². The summed E-state index contributed by atoms with van der Waals surface area (Å²) in [4.78, 5) is 16.9. The summed E-state index contributed by atoms with van der Waals surface area (Å²) in [7, 11) is 0. The van der Waals surface area contributed by atoms with Gasteiger partial charge in [0.15, 0.2) is 0 Å². The van der Waals surface area contributed by atoms with Crippen molar-refractivity contribution in [2.75, 3.05) is 4.90 Å². The maximum atomic E-state index is 13.4. The van der Waals surface area contributed by atoms with Gasteiger partial charge in [-0.05, 0) is 61.4 Å². The van der Waals surface area contributed by atoms with Gasteiger partial charge in [0, 0.05) is 16.8 Å². The molecule has 162 valence electrons. The van der Waals surface area contributed by atoms with Crippen LogP contribution in [0.2, 0.25) is 10.0 Å². The Kier molecular flexibility index (Phi) is 6.77. The molecular weight excluding hydrogens is 452 g/mol. The molecule has 1 aromatic heterocycles. The van der Waals surface area contributed by atoms with Gasteiger partial charge in [-0.2, -0.15) is 13.2 Å². The molecule has 0 bridgehead atoms. The summed E-state index contributed by atoms with van der Waals surface area (Å²) in [6, 6.07) is 13.9. The van der Waals surface area contributed by atoms with E-state index in [9.17, 15) is 18.0 Å². The Hall–Kier alpha value is -2.77. The summed E-state index contributed by atoms with van der Waals surface area (Å²) in [5.74, 6) is -1.82. The molecule has 0 saturated heterocycles. The van der Waals surface area contributed by atoms with Gasteiger partial charge in [0.1, 0.15) is 18.2 Å². The van der Waals surface area contributed by atoms with Crippen LogP contribution in [0.4, 0.5) is 24.7 Å². The number of carbonyl (C=O) groups is 1. The highest BCUT2D eigenvalue weighted by Gasteiger charge is 2.44. The van der Waals surface area contributed by atoms with Gasteiger partial charge in [-0.1, -0.05) is 35.3 Å². The lowest BCUT2D eigenvalue weighted by Gasteiger charge is -2.24. The van der Waals surface area contributed by atoms with Gasteiger partial charge in [0.05, 0.1) is 10.7 Å². The third-order valence-electron chi connectivity index (χ3n) is 4.22. The lowest BCUT2D eigenvalue weighted by Crippen LogP contribution is -2.38. The van der Waals surface area contributed by atoms with Crippen LogP contribution in [0.3, 0.4) is 0 Å². The number of nitrogens with zero attached hydrogens (tertiary/aromatic N) is 2. The van der Waals surface area contributed by atoms with E-state index in [1.165, 1.54) is 30.3 Å². The van der Waals surface area contributed by atoms with Crippen molar-refractivity contribution >= 4 is 40.6 Å². The standard InChI is InChI=1S/C22H17Cl2F3N2O2/c1-13-8-14(2)28-20(9-13)29(21(30)22(25,26)27)17-5-3-4-15(10-17)12-31-19-11-16(23)6-7-18(19)24/h3-11H,12H2,1-2H3. The van der Waals surface area contributed by atoms with Crippen molar-refractivity contribution in [3.63, 3.8) is 0 Å². The quantitative estimate of drug-likeness (QED) is 0.412. The lowest BCUT2D eigenvalue weighted by atomic mass is 10.1. The van der Waals surface area contributed by atoms with Crippen LogP contribution in [0.5, 0.6) is 5.75 Å². The first-order valence-corrected chi connectivity index (χ1v) is 9.83. The van der Waals surface area contributed by atoms with E-state index in [-0.39, 0.29) is 18.1 Å². The van der Waals surface area contributed by atoms with Crippen molar-refractivity contribution in [3.05, 3.63) is 81.5 Å². The van der Waals surface area contributed by atoms with E-state index in [2.05, 4.69) is 4.98 Å². The number of aryl methyl sites for hydroxylation is 2. The van der Waals surface area contributed by atoms with Crippen LogP contribution >= 0.6 is 23.2 Å². The number of pyridine rings is 1. The highest BCUT2D eigenvalue weighted by atomic mass is 35.5. The molecule has 0 spiro atoms. The van der Waals surface area contributed by atoms with Gasteiger partial charge in [-0.3, -0.25) is 9.69 Å². The zero-order chi connectivity index (χ0) is 22.8. The minimum atomic E-state index is -5.08. The molecule has 0 radical (unpaired) electrons. The molecule has 31 heavy (non-hydrogen) atoms. The van der Waals surface area contributed by atoms with Crippen LogP contribution in [0.25, 0.3) is 0 Å². The molecule has 2 aromatic carbocycles. The fraction of sp³-hybridized carbons (Fsp3) is 0.182. The molecule has 4 nitrogen and oxygen atoms in total. The summed E-state index contributed by atoms with van der Waals surface area (Å²) >= 11 is 12.0. The molecule has 0 aliphatic carbocycles. The second-order valence-electron chi connectivity index (χ2n) is 6.82. The number of amides is 1. The molecular formula is C22H17Cl2F3N2O2. The van der Waals surface area contributed by atoms with Gasteiger partial charge in [-0.15, -0.1) is 0 Å². The second-order valence-corrected chi connectivity index (χ2v) is 7.66. The molecule has 1 amide bonds. The minimum absolute atomic E-state index is 0.00221.